The third kappa shape index (κ3) is 1.49. The highest BCUT2D eigenvalue weighted by Crippen LogP contribution is 2.17. The zero-order valence-corrected chi connectivity index (χ0v) is 6.39. The van der Waals surface area contributed by atoms with E-state index in [9.17, 15) is 4.39 Å². The predicted octanol–water partition coefficient (Wildman–Crippen LogP) is 1.33. The van der Waals surface area contributed by atoms with Crippen LogP contribution in [0.1, 0.15) is 5.56 Å². The molecule has 0 fully saturated rings. The summed E-state index contributed by atoms with van der Waals surface area (Å²) in [6.45, 7) is 0.355. The number of nitrogens with one attached hydrogen (secondary N) is 1. The van der Waals surface area contributed by atoms with Crippen LogP contribution in [0.25, 0.3) is 0 Å². The zero-order chi connectivity index (χ0) is 8.27. The lowest BCUT2D eigenvalue weighted by atomic mass is 10.2. The summed E-state index contributed by atoms with van der Waals surface area (Å²) in [4.78, 5) is 0. The molecule has 60 valence electrons. The van der Waals surface area contributed by atoms with Crippen molar-refractivity contribution in [3.05, 3.63) is 29.6 Å². The normalized spacial score (nSPS) is 9.73. The van der Waals surface area contributed by atoms with Gasteiger partial charge in [0.15, 0.2) is 0 Å². The fourth-order valence-corrected chi connectivity index (χ4v) is 1.02. The SMILES string of the molecule is CNc1c(F)cccc1CN. The maximum Gasteiger partial charge on any atom is 0.146 e. The lowest BCUT2D eigenvalue weighted by molar-refractivity contribution is 0.629. The molecule has 0 radical (unpaired) electrons. The van der Waals surface area contributed by atoms with Crippen molar-refractivity contribution in [2.75, 3.05) is 12.4 Å². The third-order valence-electron chi connectivity index (χ3n) is 1.57. The molecule has 2 nitrogen and oxygen atoms in total. The minimum atomic E-state index is -0.254. The number of benzene rings is 1. The van der Waals surface area contributed by atoms with E-state index in [1.807, 2.05) is 0 Å². The summed E-state index contributed by atoms with van der Waals surface area (Å²) >= 11 is 0. The molecule has 0 aliphatic carbocycles. The Kier molecular flexibility index (Phi) is 2.44. The van der Waals surface area contributed by atoms with E-state index < -0.39 is 0 Å². The molecular formula is C8H11FN2. The Morgan fingerprint density at radius 1 is 1.55 bits per heavy atom. The minimum Gasteiger partial charge on any atom is -0.385 e. The summed E-state index contributed by atoms with van der Waals surface area (Å²) in [7, 11) is 1.68. The number of hydrogen-bond acceptors (Lipinski definition) is 2. The summed E-state index contributed by atoms with van der Waals surface area (Å²) in [5, 5.41) is 2.76. The lowest BCUT2D eigenvalue weighted by Gasteiger charge is -2.06. The molecule has 0 amide bonds. The molecule has 0 aliphatic heterocycles. The first-order chi connectivity index (χ1) is 5.29. The van der Waals surface area contributed by atoms with Crippen LogP contribution in [0, 0.1) is 5.82 Å². The van der Waals surface area contributed by atoms with E-state index in [1.54, 1.807) is 19.2 Å². The molecule has 3 N–H and O–H groups in total. The molecule has 1 aromatic carbocycles. The highest BCUT2D eigenvalue weighted by Gasteiger charge is 2.03. The number of nitrogens with two attached hydrogens (primary N) is 1. The van der Waals surface area contributed by atoms with Gasteiger partial charge in [0, 0.05) is 13.6 Å². The number of rotatable bonds is 2. The standard InChI is InChI=1S/C8H11FN2/c1-11-8-6(5-10)3-2-4-7(8)9/h2-4,11H,5,10H2,1H3. The third-order valence-corrected chi connectivity index (χ3v) is 1.57. The van der Waals surface area contributed by atoms with E-state index >= 15 is 0 Å². The maximum absolute atomic E-state index is 12.9. The van der Waals surface area contributed by atoms with Crippen LogP contribution in [-0.4, -0.2) is 7.05 Å². The molecule has 0 heterocycles. The van der Waals surface area contributed by atoms with E-state index in [1.165, 1.54) is 6.07 Å². The average Bonchev–Trinajstić information content (AvgIpc) is 2.04. The molecule has 0 aliphatic rings. The summed E-state index contributed by atoms with van der Waals surface area (Å²) in [6, 6.07) is 4.86. The van der Waals surface area contributed by atoms with Crippen LogP contribution >= 0.6 is 0 Å². The van der Waals surface area contributed by atoms with Crippen molar-refractivity contribution in [3.63, 3.8) is 0 Å². The van der Waals surface area contributed by atoms with Gasteiger partial charge in [0.2, 0.25) is 0 Å². The van der Waals surface area contributed by atoms with E-state index in [-0.39, 0.29) is 5.82 Å². The zero-order valence-electron chi connectivity index (χ0n) is 6.39. The van der Waals surface area contributed by atoms with Crippen molar-refractivity contribution >= 4 is 5.69 Å². The molecule has 0 saturated heterocycles. The van der Waals surface area contributed by atoms with Gasteiger partial charge < -0.3 is 11.1 Å². The highest BCUT2D eigenvalue weighted by atomic mass is 19.1. The van der Waals surface area contributed by atoms with Crippen LogP contribution in [-0.2, 0) is 6.54 Å². The van der Waals surface area contributed by atoms with Gasteiger partial charge in [0.1, 0.15) is 5.82 Å². The monoisotopic (exact) mass is 154 g/mol. The van der Waals surface area contributed by atoms with Crippen molar-refractivity contribution in [2.45, 2.75) is 6.54 Å². The molecule has 0 unspecified atom stereocenters. The van der Waals surface area contributed by atoms with Crippen molar-refractivity contribution in [1.29, 1.82) is 0 Å². The fraction of sp³-hybridized carbons (Fsp3) is 0.250. The highest BCUT2D eigenvalue weighted by molar-refractivity contribution is 5.51. The van der Waals surface area contributed by atoms with E-state index in [0.717, 1.165) is 5.56 Å². The van der Waals surface area contributed by atoms with Crippen LogP contribution in [0.15, 0.2) is 18.2 Å². The maximum atomic E-state index is 12.9. The average molecular weight is 154 g/mol. The Morgan fingerprint density at radius 3 is 2.73 bits per heavy atom. The largest absolute Gasteiger partial charge is 0.385 e. The smallest absolute Gasteiger partial charge is 0.146 e. The molecule has 1 rings (SSSR count). The Labute approximate surface area is 65.2 Å². The summed E-state index contributed by atoms with van der Waals surface area (Å²) in [5.41, 5.74) is 6.68. The molecule has 11 heavy (non-hydrogen) atoms. The van der Waals surface area contributed by atoms with E-state index in [4.69, 9.17) is 5.73 Å². The van der Waals surface area contributed by atoms with Gasteiger partial charge in [-0.25, -0.2) is 4.39 Å². The van der Waals surface area contributed by atoms with E-state index in [2.05, 4.69) is 5.32 Å². The number of anilines is 1. The van der Waals surface area contributed by atoms with Crippen LogP contribution < -0.4 is 11.1 Å². The fourth-order valence-electron chi connectivity index (χ4n) is 1.02. The van der Waals surface area contributed by atoms with Gasteiger partial charge in [-0.15, -0.1) is 0 Å². The van der Waals surface area contributed by atoms with Crippen molar-refractivity contribution in [2.24, 2.45) is 5.73 Å². The summed E-state index contributed by atoms with van der Waals surface area (Å²) in [5.74, 6) is -0.254. The Bertz CT molecular complexity index is 248. The van der Waals surface area contributed by atoms with E-state index in [0.29, 0.717) is 12.2 Å². The minimum absolute atomic E-state index is 0.254. The molecule has 0 bridgehead atoms. The Hall–Kier alpha value is -1.09. The topological polar surface area (TPSA) is 38.0 Å². The molecule has 3 heteroatoms. The van der Waals surface area contributed by atoms with Gasteiger partial charge in [0.05, 0.1) is 5.69 Å². The number of hydrogen-bond donors (Lipinski definition) is 2. The molecule has 0 atom stereocenters. The van der Waals surface area contributed by atoms with Gasteiger partial charge in [-0.2, -0.15) is 0 Å². The molecular weight excluding hydrogens is 143 g/mol. The second-order valence-electron chi connectivity index (χ2n) is 2.23. The predicted molar refractivity (Wildman–Crippen MR) is 43.8 cm³/mol. The lowest BCUT2D eigenvalue weighted by Crippen LogP contribution is -2.03. The van der Waals surface area contributed by atoms with Crippen LogP contribution in [0.4, 0.5) is 10.1 Å². The molecule has 0 saturated carbocycles. The van der Waals surface area contributed by atoms with Gasteiger partial charge in [-0.3, -0.25) is 0 Å². The Balaban J connectivity index is 3.13. The van der Waals surface area contributed by atoms with Crippen LogP contribution in [0.3, 0.4) is 0 Å². The van der Waals surface area contributed by atoms with Crippen molar-refractivity contribution < 1.29 is 4.39 Å². The second kappa shape index (κ2) is 3.34. The number of halogens is 1. The van der Waals surface area contributed by atoms with Crippen LogP contribution in [0.2, 0.25) is 0 Å². The van der Waals surface area contributed by atoms with Crippen molar-refractivity contribution in [1.82, 2.24) is 0 Å². The summed E-state index contributed by atoms with van der Waals surface area (Å²) < 4.78 is 12.9. The number of para-hydroxylation sites is 1. The second-order valence-corrected chi connectivity index (χ2v) is 2.23. The molecule has 0 spiro atoms. The first kappa shape index (κ1) is 8.01. The van der Waals surface area contributed by atoms with Crippen LogP contribution in [0.5, 0.6) is 0 Å². The quantitative estimate of drug-likeness (QED) is 0.674. The van der Waals surface area contributed by atoms with Gasteiger partial charge >= 0.3 is 0 Å². The molecule has 0 aromatic heterocycles. The van der Waals surface area contributed by atoms with Gasteiger partial charge in [-0.1, -0.05) is 12.1 Å². The Morgan fingerprint density at radius 2 is 2.27 bits per heavy atom. The summed E-state index contributed by atoms with van der Waals surface area (Å²) in [6.07, 6.45) is 0. The van der Waals surface area contributed by atoms with Gasteiger partial charge in [0.25, 0.3) is 0 Å². The first-order valence-corrected chi connectivity index (χ1v) is 3.44. The molecule has 1 aromatic rings. The van der Waals surface area contributed by atoms with Crippen molar-refractivity contribution in [3.8, 4) is 0 Å². The van der Waals surface area contributed by atoms with Gasteiger partial charge in [-0.05, 0) is 11.6 Å². The first-order valence-electron chi connectivity index (χ1n) is 3.44.